The van der Waals surface area contributed by atoms with Crippen LogP contribution in [-0.2, 0) is 0 Å². The quantitative estimate of drug-likeness (QED) is 0.814. The third-order valence-corrected chi connectivity index (χ3v) is 4.80. The molecule has 0 aromatic carbocycles. The molecule has 1 aromatic heterocycles. The zero-order valence-corrected chi connectivity index (χ0v) is 12.0. The molecular weight excluding hydrogens is 234 g/mol. The van der Waals surface area contributed by atoms with E-state index in [1.807, 2.05) is 12.4 Å². The molecule has 104 valence electrons. The lowest BCUT2D eigenvalue weighted by molar-refractivity contribution is 0.123. The van der Waals surface area contributed by atoms with E-state index >= 15 is 0 Å². The first-order chi connectivity index (χ1) is 9.34. The van der Waals surface area contributed by atoms with Gasteiger partial charge in [0.25, 0.3) is 0 Å². The van der Waals surface area contributed by atoms with Crippen molar-refractivity contribution in [1.29, 1.82) is 0 Å². The second kappa shape index (κ2) is 6.02. The Labute approximate surface area is 116 Å². The van der Waals surface area contributed by atoms with Crippen molar-refractivity contribution in [3.63, 3.8) is 0 Å². The molecule has 0 bridgehead atoms. The van der Waals surface area contributed by atoms with Gasteiger partial charge in [-0.25, -0.2) is 0 Å². The summed E-state index contributed by atoms with van der Waals surface area (Å²) in [6.07, 6.45) is 9.39. The summed E-state index contributed by atoms with van der Waals surface area (Å²) in [6, 6.07) is 5.54. The standard InChI is InChI=1S/C16H25N3/c1-14(15-6-4-8-17-12-15)19-11-5-10-18-9-3-2-7-16(18)13-19/h4,6,8,12,14,16H,2-3,5,7,9-11,13H2,1H3. The number of nitrogens with zero attached hydrogens (tertiary/aromatic N) is 3. The third kappa shape index (κ3) is 2.98. The first kappa shape index (κ1) is 13.1. The zero-order chi connectivity index (χ0) is 13.1. The van der Waals surface area contributed by atoms with Gasteiger partial charge in [0.1, 0.15) is 0 Å². The minimum Gasteiger partial charge on any atom is -0.299 e. The van der Waals surface area contributed by atoms with Gasteiger partial charge in [-0.2, -0.15) is 0 Å². The Morgan fingerprint density at radius 3 is 2.95 bits per heavy atom. The van der Waals surface area contributed by atoms with Crippen molar-refractivity contribution in [3.8, 4) is 0 Å². The lowest BCUT2D eigenvalue weighted by Gasteiger charge is -2.37. The lowest BCUT2D eigenvalue weighted by Crippen LogP contribution is -2.44. The Balaban J connectivity index is 1.70. The van der Waals surface area contributed by atoms with E-state index in [1.54, 1.807) is 0 Å². The van der Waals surface area contributed by atoms with Crippen LogP contribution < -0.4 is 0 Å². The predicted octanol–water partition coefficient (Wildman–Crippen LogP) is 2.70. The number of piperidine rings is 1. The third-order valence-electron chi connectivity index (χ3n) is 4.80. The first-order valence-electron chi connectivity index (χ1n) is 7.72. The number of fused-ring (bicyclic) bond motifs is 1. The van der Waals surface area contributed by atoms with Gasteiger partial charge in [-0.05, 0) is 50.9 Å². The van der Waals surface area contributed by atoms with Crippen LogP contribution in [0.15, 0.2) is 24.5 Å². The fourth-order valence-electron chi connectivity index (χ4n) is 3.59. The SMILES string of the molecule is CC(c1cccnc1)N1CCCN2CCCCC2C1. The molecule has 2 aliphatic heterocycles. The van der Waals surface area contributed by atoms with Gasteiger partial charge < -0.3 is 0 Å². The molecule has 2 atom stereocenters. The number of pyridine rings is 1. The van der Waals surface area contributed by atoms with Crippen LogP contribution in [0.5, 0.6) is 0 Å². The van der Waals surface area contributed by atoms with E-state index in [4.69, 9.17) is 0 Å². The van der Waals surface area contributed by atoms with Gasteiger partial charge in [-0.15, -0.1) is 0 Å². The van der Waals surface area contributed by atoms with E-state index in [0.29, 0.717) is 6.04 Å². The molecule has 2 aliphatic rings. The fraction of sp³-hybridized carbons (Fsp3) is 0.688. The van der Waals surface area contributed by atoms with E-state index in [2.05, 4.69) is 33.8 Å². The Hall–Kier alpha value is -0.930. The average Bonchev–Trinajstić information content (AvgIpc) is 2.69. The second-order valence-corrected chi connectivity index (χ2v) is 6.00. The van der Waals surface area contributed by atoms with Gasteiger partial charge in [0.05, 0.1) is 0 Å². The average molecular weight is 259 g/mol. The summed E-state index contributed by atoms with van der Waals surface area (Å²) in [5, 5.41) is 0. The molecule has 2 saturated heterocycles. The number of hydrogen-bond acceptors (Lipinski definition) is 3. The highest BCUT2D eigenvalue weighted by molar-refractivity contribution is 5.13. The Kier molecular flexibility index (Phi) is 4.14. The maximum absolute atomic E-state index is 4.27. The van der Waals surface area contributed by atoms with Crippen LogP contribution in [0.2, 0.25) is 0 Å². The van der Waals surface area contributed by atoms with Crippen LogP contribution in [0.4, 0.5) is 0 Å². The maximum atomic E-state index is 4.27. The van der Waals surface area contributed by atoms with Crippen molar-refractivity contribution in [2.75, 3.05) is 26.2 Å². The largest absolute Gasteiger partial charge is 0.299 e. The summed E-state index contributed by atoms with van der Waals surface area (Å²) in [5.74, 6) is 0. The highest BCUT2D eigenvalue weighted by Crippen LogP contribution is 2.26. The Bertz CT molecular complexity index is 392. The van der Waals surface area contributed by atoms with Crippen LogP contribution in [0.1, 0.15) is 44.2 Å². The van der Waals surface area contributed by atoms with Gasteiger partial charge in [0.2, 0.25) is 0 Å². The van der Waals surface area contributed by atoms with Gasteiger partial charge in [-0.1, -0.05) is 12.5 Å². The molecule has 0 saturated carbocycles. The molecule has 0 N–H and O–H groups in total. The van der Waals surface area contributed by atoms with E-state index in [0.717, 1.165) is 6.04 Å². The molecule has 3 heteroatoms. The van der Waals surface area contributed by atoms with Gasteiger partial charge >= 0.3 is 0 Å². The first-order valence-corrected chi connectivity index (χ1v) is 7.72. The zero-order valence-electron chi connectivity index (χ0n) is 12.0. The molecule has 1 aromatic rings. The summed E-state index contributed by atoms with van der Waals surface area (Å²) >= 11 is 0. The smallest absolute Gasteiger partial charge is 0.0335 e. The second-order valence-electron chi connectivity index (χ2n) is 6.00. The van der Waals surface area contributed by atoms with Crippen LogP contribution in [0.3, 0.4) is 0 Å². The van der Waals surface area contributed by atoms with Crippen LogP contribution >= 0.6 is 0 Å². The van der Waals surface area contributed by atoms with E-state index < -0.39 is 0 Å². The molecule has 19 heavy (non-hydrogen) atoms. The highest BCUT2D eigenvalue weighted by Gasteiger charge is 2.29. The Morgan fingerprint density at radius 2 is 2.11 bits per heavy atom. The lowest BCUT2D eigenvalue weighted by atomic mass is 10.0. The molecule has 3 nitrogen and oxygen atoms in total. The van der Waals surface area contributed by atoms with E-state index in [1.165, 1.54) is 57.4 Å². The van der Waals surface area contributed by atoms with Crippen molar-refractivity contribution in [2.24, 2.45) is 0 Å². The summed E-state index contributed by atoms with van der Waals surface area (Å²) in [4.78, 5) is 9.65. The van der Waals surface area contributed by atoms with Crippen molar-refractivity contribution in [2.45, 2.75) is 44.7 Å². The molecule has 0 spiro atoms. The predicted molar refractivity (Wildman–Crippen MR) is 78.1 cm³/mol. The summed E-state index contributed by atoms with van der Waals surface area (Å²) in [5.41, 5.74) is 1.35. The van der Waals surface area contributed by atoms with Crippen LogP contribution in [0, 0.1) is 0 Å². The van der Waals surface area contributed by atoms with Crippen molar-refractivity contribution < 1.29 is 0 Å². The van der Waals surface area contributed by atoms with Crippen LogP contribution in [-0.4, -0.2) is 47.0 Å². The van der Waals surface area contributed by atoms with Gasteiger partial charge in [-0.3, -0.25) is 14.8 Å². The van der Waals surface area contributed by atoms with Crippen molar-refractivity contribution in [3.05, 3.63) is 30.1 Å². The van der Waals surface area contributed by atoms with E-state index in [9.17, 15) is 0 Å². The molecule has 3 heterocycles. The van der Waals surface area contributed by atoms with Crippen molar-refractivity contribution in [1.82, 2.24) is 14.8 Å². The minimum absolute atomic E-state index is 0.496. The monoisotopic (exact) mass is 259 g/mol. The minimum atomic E-state index is 0.496. The van der Waals surface area contributed by atoms with Gasteiger partial charge in [0, 0.05) is 37.6 Å². The summed E-state index contributed by atoms with van der Waals surface area (Å²) in [6.45, 7) is 7.40. The maximum Gasteiger partial charge on any atom is 0.0335 e. The summed E-state index contributed by atoms with van der Waals surface area (Å²) < 4.78 is 0. The van der Waals surface area contributed by atoms with Gasteiger partial charge in [0.15, 0.2) is 0 Å². The molecular formula is C16H25N3. The normalized spacial score (nSPS) is 27.5. The number of aromatic nitrogens is 1. The molecule has 0 amide bonds. The molecule has 0 aliphatic carbocycles. The highest BCUT2D eigenvalue weighted by atomic mass is 15.3. The Morgan fingerprint density at radius 1 is 1.21 bits per heavy atom. The molecule has 2 fully saturated rings. The van der Waals surface area contributed by atoms with Crippen LogP contribution in [0.25, 0.3) is 0 Å². The molecule has 3 rings (SSSR count). The van der Waals surface area contributed by atoms with Crippen molar-refractivity contribution >= 4 is 0 Å². The van der Waals surface area contributed by atoms with E-state index in [-0.39, 0.29) is 0 Å². The number of rotatable bonds is 2. The number of hydrogen-bond donors (Lipinski definition) is 0. The fourth-order valence-corrected chi connectivity index (χ4v) is 3.59. The molecule has 0 radical (unpaired) electrons. The molecule has 2 unspecified atom stereocenters. The summed E-state index contributed by atoms with van der Waals surface area (Å²) in [7, 11) is 0. The topological polar surface area (TPSA) is 19.4 Å².